The van der Waals surface area contributed by atoms with Gasteiger partial charge in [-0.1, -0.05) is 0 Å². The Kier molecular flexibility index (Phi) is 1.08. The number of aromatic nitrogens is 1. The van der Waals surface area contributed by atoms with Crippen molar-refractivity contribution in [3.05, 3.63) is 24.0 Å². The van der Waals surface area contributed by atoms with Crippen LogP contribution < -0.4 is 4.90 Å². The average molecular weight is 160 g/mol. The van der Waals surface area contributed by atoms with Gasteiger partial charge in [-0.15, -0.1) is 0 Å². The lowest BCUT2D eigenvalue weighted by Crippen LogP contribution is -2.25. The van der Waals surface area contributed by atoms with Crippen LogP contribution in [-0.4, -0.2) is 18.6 Å². The molecule has 2 heterocycles. The van der Waals surface area contributed by atoms with Gasteiger partial charge in [-0.3, -0.25) is 4.98 Å². The van der Waals surface area contributed by atoms with E-state index in [4.69, 9.17) is 0 Å². The Labute approximate surface area is 72.2 Å². The fraction of sp³-hybridized carbons (Fsp3) is 0.500. The van der Waals surface area contributed by atoms with Crippen molar-refractivity contribution in [3.63, 3.8) is 0 Å². The molecule has 1 aliphatic carbocycles. The fourth-order valence-corrected chi connectivity index (χ4v) is 2.25. The lowest BCUT2D eigenvalue weighted by atomic mass is 10.1. The molecule has 0 amide bonds. The van der Waals surface area contributed by atoms with Gasteiger partial charge in [0.2, 0.25) is 0 Å². The van der Waals surface area contributed by atoms with Gasteiger partial charge >= 0.3 is 0 Å². The van der Waals surface area contributed by atoms with E-state index in [2.05, 4.69) is 23.0 Å². The minimum atomic E-state index is 0.789. The molecule has 0 spiro atoms. The fourth-order valence-electron chi connectivity index (χ4n) is 2.25. The van der Waals surface area contributed by atoms with E-state index in [0.717, 1.165) is 11.8 Å². The standard InChI is InChI=1S/C10H12N2/c1-12-6-7-5-8(7)10-9(12)3-2-4-11-10/h2-4,7-8H,5-6H2,1H3. The predicted molar refractivity (Wildman–Crippen MR) is 48.4 cm³/mol. The van der Waals surface area contributed by atoms with E-state index in [1.54, 1.807) is 0 Å². The molecule has 12 heavy (non-hydrogen) atoms. The quantitative estimate of drug-likeness (QED) is 0.573. The molecular weight excluding hydrogens is 148 g/mol. The van der Waals surface area contributed by atoms with Crippen LogP contribution in [0.5, 0.6) is 0 Å². The minimum Gasteiger partial charge on any atom is -0.373 e. The van der Waals surface area contributed by atoms with Gasteiger partial charge in [-0.05, 0) is 24.5 Å². The second-order valence-electron chi connectivity index (χ2n) is 3.89. The highest BCUT2D eigenvalue weighted by atomic mass is 15.1. The van der Waals surface area contributed by atoms with Crippen LogP contribution in [0.25, 0.3) is 0 Å². The summed E-state index contributed by atoms with van der Waals surface area (Å²) in [5, 5.41) is 0. The third-order valence-corrected chi connectivity index (χ3v) is 3.01. The van der Waals surface area contributed by atoms with E-state index in [-0.39, 0.29) is 0 Å². The van der Waals surface area contributed by atoms with Crippen molar-refractivity contribution in [2.75, 3.05) is 18.5 Å². The van der Waals surface area contributed by atoms with Gasteiger partial charge in [0.1, 0.15) is 0 Å². The second kappa shape index (κ2) is 2.00. The zero-order chi connectivity index (χ0) is 8.13. The first-order chi connectivity index (χ1) is 5.86. The van der Waals surface area contributed by atoms with Crippen LogP contribution >= 0.6 is 0 Å². The lowest BCUT2D eigenvalue weighted by molar-refractivity contribution is 0.715. The van der Waals surface area contributed by atoms with Crippen molar-refractivity contribution in [2.45, 2.75) is 12.3 Å². The number of rotatable bonds is 0. The van der Waals surface area contributed by atoms with Gasteiger partial charge in [0.05, 0.1) is 11.4 Å². The SMILES string of the molecule is CN1CC2CC2c2ncccc21. The maximum atomic E-state index is 4.45. The first-order valence-corrected chi connectivity index (χ1v) is 4.52. The maximum Gasteiger partial charge on any atom is 0.0671 e. The first kappa shape index (κ1) is 6.46. The topological polar surface area (TPSA) is 16.1 Å². The Hall–Kier alpha value is -1.05. The third-order valence-electron chi connectivity index (χ3n) is 3.01. The molecule has 0 N–H and O–H groups in total. The van der Waals surface area contributed by atoms with Crippen molar-refractivity contribution in [3.8, 4) is 0 Å². The number of anilines is 1. The zero-order valence-electron chi connectivity index (χ0n) is 7.20. The molecule has 62 valence electrons. The van der Waals surface area contributed by atoms with Crippen LogP contribution in [0.2, 0.25) is 0 Å². The molecule has 2 heteroatoms. The summed E-state index contributed by atoms with van der Waals surface area (Å²) in [7, 11) is 2.16. The number of pyridine rings is 1. The smallest absolute Gasteiger partial charge is 0.0671 e. The summed E-state index contributed by atoms with van der Waals surface area (Å²) >= 11 is 0. The first-order valence-electron chi connectivity index (χ1n) is 4.52. The molecule has 1 aliphatic heterocycles. The highest BCUT2D eigenvalue weighted by Crippen LogP contribution is 2.53. The summed E-state index contributed by atoms with van der Waals surface area (Å²) in [5.74, 6) is 1.69. The molecule has 0 radical (unpaired) electrons. The van der Waals surface area contributed by atoms with Gasteiger partial charge in [-0.2, -0.15) is 0 Å². The van der Waals surface area contributed by atoms with Crippen LogP contribution in [0, 0.1) is 5.92 Å². The number of nitrogens with zero attached hydrogens (tertiary/aromatic N) is 2. The highest BCUT2D eigenvalue weighted by molar-refractivity contribution is 5.56. The van der Waals surface area contributed by atoms with Gasteiger partial charge in [0.25, 0.3) is 0 Å². The number of hydrogen-bond acceptors (Lipinski definition) is 2. The van der Waals surface area contributed by atoms with Crippen LogP contribution in [0.3, 0.4) is 0 Å². The Morgan fingerprint density at radius 1 is 1.58 bits per heavy atom. The van der Waals surface area contributed by atoms with Crippen molar-refractivity contribution < 1.29 is 0 Å². The summed E-state index contributed by atoms with van der Waals surface area (Å²) in [4.78, 5) is 6.78. The monoisotopic (exact) mass is 160 g/mol. The zero-order valence-corrected chi connectivity index (χ0v) is 7.20. The molecular formula is C10H12N2. The van der Waals surface area contributed by atoms with Gasteiger partial charge in [-0.25, -0.2) is 0 Å². The summed E-state index contributed by atoms with van der Waals surface area (Å²) in [6.07, 6.45) is 3.27. The summed E-state index contributed by atoms with van der Waals surface area (Å²) in [6.45, 7) is 1.23. The molecule has 0 bridgehead atoms. The van der Waals surface area contributed by atoms with Crippen LogP contribution in [0.15, 0.2) is 18.3 Å². The molecule has 2 atom stereocenters. The predicted octanol–water partition coefficient (Wildman–Crippen LogP) is 1.63. The minimum absolute atomic E-state index is 0.789. The van der Waals surface area contributed by atoms with E-state index in [1.807, 2.05) is 12.3 Å². The highest BCUT2D eigenvalue weighted by Gasteiger charge is 2.44. The van der Waals surface area contributed by atoms with E-state index in [9.17, 15) is 0 Å². The Morgan fingerprint density at radius 2 is 2.50 bits per heavy atom. The van der Waals surface area contributed by atoms with Crippen molar-refractivity contribution >= 4 is 5.69 Å². The molecule has 0 aromatic carbocycles. The van der Waals surface area contributed by atoms with Gasteiger partial charge in [0, 0.05) is 25.7 Å². The van der Waals surface area contributed by atoms with E-state index < -0.39 is 0 Å². The van der Waals surface area contributed by atoms with Crippen molar-refractivity contribution in [2.24, 2.45) is 5.92 Å². The molecule has 2 unspecified atom stereocenters. The maximum absolute atomic E-state index is 4.45. The molecule has 0 saturated heterocycles. The van der Waals surface area contributed by atoms with E-state index in [1.165, 1.54) is 24.3 Å². The van der Waals surface area contributed by atoms with E-state index >= 15 is 0 Å². The third kappa shape index (κ3) is 0.724. The normalized spacial score (nSPS) is 30.9. The number of hydrogen-bond donors (Lipinski definition) is 0. The van der Waals surface area contributed by atoms with Gasteiger partial charge < -0.3 is 4.90 Å². The second-order valence-corrected chi connectivity index (χ2v) is 3.89. The molecule has 2 aliphatic rings. The molecule has 3 rings (SSSR count). The van der Waals surface area contributed by atoms with Crippen molar-refractivity contribution in [1.29, 1.82) is 0 Å². The molecule has 1 fully saturated rings. The summed E-state index contributed by atoms with van der Waals surface area (Å²) < 4.78 is 0. The van der Waals surface area contributed by atoms with Crippen LogP contribution in [-0.2, 0) is 0 Å². The summed E-state index contributed by atoms with van der Waals surface area (Å²) in [5.41, 5.74) is 2.67. The Bertz CT molecular complexity index is 306. The Balaban J connectivity index is 2.15. The molecule has 2 nitrogen and oxygen atoms in total. The van der Waals surface area contributed by atoms with Crippen LogP contribution in [0.4, 0.5) is 5.69 Å². The molecule has 1 aromatic rings. The van der Waals surface area contributed by atoms with Gasteiger partial charge in [0.15, 0.2) is 0 Å². The largest absolute Gasteiger partial charge is 0.373 e. The summed E-state index contributed by atoms with van der Waals surface area (Å²) in [6, 6.07) is 4.20. The van der Waals surface area contributed by atoms with E-state index in [0.29, 0.717) is 0 Å². The van der Waals surface area contributed by atoms with Crippen LogP contribution in [0.1, 0.15) is 18.0 Å². The lowest BCUT2D eigenvalue weighted by Gasteiger charge is -2.25. The molecule has 1 aromatic heterocycles. The number of fused-ring (bicyclic) bond motifs is 3. The Morgan fingerprint density at radius 3 is 3.42 bits per heavy atom. The molecule has 1 saturated carbocycles. The average Bonchev–Trinajstić information content (AvgIpc) is 2.84. The van der Waals surface area contributed by atoms with Crippen molar-refractivity contribution in [1.82, 2.24) is 4.98 Å².